The van der Waals surface area contributed by atoms with E-state index < -0.39 is 0 Å². The zero-order valence-corrected chi connectivity index (χ0v) is 10.7. The van der Waals surface area contributed by atoms with Crippen LogP contribution in [0.5, 0.6) is 0 Å². The highest BCUT2D eigenvalue weighted by molar-refractivity contribution is 5.78. The Kier molecular flexibility index (Phi) is 4.97. The molecule has 0 saturated carbocycles. The van der Waals surface area contributed by atoms with Crippen LogP contribution in [0.25, 0.3) is 10.9 Å². The number of hydrogen-bond donors (Lipinski definition) is 0. The second-order valence-electron chi connectivity index (χ2n) is 4.13. The summed E-state index contributed by atoms with van der Waals surface area (Å²) in [7, 11) is 0. The molecule has 1 nitrogen and oxygen atoms in total. The first-order valence-corrected chi connectivity index (χ1v) is 6.09. The largest absolute Gasteiger partial charge is 0.256 e. The van der Waals surface area contributed by atoms with Crippen molar-refractivity contribution in [1.82, 2.24) is 4.98 Å². The highest BCUT2D eigenvalue weighted by atomic mass is 14.6. The summed E-state index contributed by atoms with van der Waals surface area (Å²) < 4.78 is 0. The first-order chi connectivity index (χ1) is 7.75. The van der Waals surface area contributed by atoms with Gasteiger partial charge in [0.15, 0.2) is 0 Å². The molecule has 1 aromatic heterocycles. The Hall–Kier alpha value is -1.37. The van der Waals surface area contributed by atoms with Gasteiger partial charge in [-0.15, -0.1) is 0 Å². The van der Waals surface area contributed by atoms with E-state index >= 15 is 0 Å². The van der Waals surface area contributed by atoms with Crippen molar-refractivity contribution >= 4 is 10.9 Å². The van der Waals surface area contributed by atoms with Crippen molar-refractivity contribution in [2.45, 2.75) is 34.1 Å². The summed E-state index contributed by atoms with van der Waals surface area (Å²) in [6.07, 6.45) is 2.98. The molecule has 0 N–H and O–H groups in total. The van der Waals surface area contributed by atoms with Gasteiger partial charge in [-0.25, -0.2) is 0 Å². The zero-order chi connectivity index (χ0) is 12.0. The molecule has 1 heteroatoms. The standard InChI is InChI=1S/C13H15N.C2H6/c1-10(2)8-11-5-6-12-4-3-7-14-13(12)9-11;1-2/h3-7,9-10H,8H2,1-2H3;1-2H3. The average Bonchev–Trinajstić information content (AvgIpc) is 2.31. The van der Waals surface area contributed by atoms with Gasteiger partial charge in [-0.1, -0.05) is 45.9 Å². The number of pyridine rings is 1. The predicted octanol–water partition coefficient (Wildman–Crippen LogP) is 4.46. The fourth-order valence-electron chi connectivity index (χ4n) is 1.71. The average molecular weight is 215 g/mol. The Labute approximate surface area is 98.5 Å². The molecule has 0 radical (unpaired) electrons. The van der Waals surface area contributed by atoms with Gasteiger partial charge in [0, 0.05) is 11.6 Å². The lowest BCUT2D eigenvalue weighted by atomic mass is 10.0. The summed E-state index contributed by atoms with van der Waals surface area (Å²) in [5, 5.41) is 1.22. The SMILES string of the molecule is CC.CC(C)Cc1ccc2cccnc2c1. The lowest BCUT2D eigenvalue weighted by Crippen LogP contribution is -1.93. The molecule has 0 amide bonds. The molecule has 0 atom stereocenters. The van der Waals surface area contributed by atoms with Gasteiger partial charge in [0.2, 0.25) is 0 Å². The summed E-state index contributed by atoms with van der Waals surface area (Å²) in [5.41, 5.74) is 2.48. The zero-order valence-electron chi connectivity index (χ0n) is 10.7. The van der Waals surface area contributed by atoms with E-state index in [4.69, 9.17) is 0 Å². The highest BCUT2D eigenvalue weighted by Crippen LogP contribution is 2.15. The number of fused-ring (bicyclic) bond motifs is 1. The topological polar surface area (TPSA) is 12.9 Å². The van der Waals surface area contributed by atoms with Crippen LogP contribution in [0.1, 0.15) is 33.3 Å². The third kappa shape index (κ3) is 3.34. The molecular formula is C15H21N. The van der Waals surface area contributed by atoms with Crippen molar-refractivity contribution in [3.63, 3.8) is 0 Å². The van der Waals surface area contributed by atoms with E-state index in [9.17, 15) is 0 Å². The van der Waals surface area contributed by atoms with Crippen LogP contribution < -0.4 is 0 Å². The monoisotopic (exact) mass is 215 g/mol. The van der Waals surface area contributed by atoms with E-state index in [0.29, 0.717) is 5.92 Å². The van der Waals surface area contributed by atoms with Gasteiger partial charge >= 0.3 is 0 Å². The third-order valence-corrected chi connectivity index (χ3v) is 2.31. The van der Waals surface area contributed by atoms with Crippen molar-refractivity contribution in [3.05, 3.63) is 42.1 Å². The second-order valence-corrected chi connectivity index (χ2v) is 4.13. The predicted molar refractivity (Wildman–Crippen MR) is 71.6 cm³/mol. The van der Waals surface area contributed by atoms with Gasteiger partial charge in [-0.3, -0.25) is 4.98 Å². The molecule has 0 saturated heterocycles. The van der Waals surface area contributed by atoms with Crippen LogP contribution in [0.4, 0.5) is 0 Å². The minimum atomic E-state index is 0.705. The van der Waals surface area contributed by atoms with E-state index in [1.807, 2.05) is 26.1 Å². The number of hydrogen-bond acceptors (Lipinski definition) is 1. The van der Waals surface area contributed by atoms with E-state index in [2.05, 4.69) is 43.1 Å². The molecule has 0 fully saturated rings. The minimum absolute atomic E-state index is 0.705. The van der Waals surface area contributed by atoms with Crippen molar-refractivity contribution < 1.29 is 0 Å². The lowest BCUT2D eigenvalue weighted by molar-refractivity contribution is 0.647. The number of rotatable bonds is 2. The number of nitrogens with zero attached hydrogens (tertiary/aromatic N) is 1. The second kappa shape index (κ2) is 6.26. The Morgan fingerprint density at radius 1 is 1.12 bits per heavy atom. The van der Waals surface area contributed by atoms with Gasteiger partial charge in [0.25, 0.3) is 0 Å². The summed E-state index contributed by atoms with van der Waals surface area (Å²) in [4.78, 5) is 4.35. The summed E-state index contributed by atoms with van der Waals surface area (Å²) >= 11 is 0. The van der Waals surface area contributed by atoms with Crippen molar-refractivity contribution in [2.75, 3.05) is 0 Å². The molecule has 0 aliphatic rings. The summed E-state index contributed by atoms with van der Waals surface area (Å²) in [5.74, 6) is 0.705. The van der Waals surface area contributed by atoms with Crippen LogP contribution in [0.15, 0.2) is 36.5 Å². The maximum absolute atomic E-state index is 4.35. The molecule has 0 aliphatic heterocycles. The molecule has 0 aliphatic carbocycles. The van der Waals surface area contributed by atoms with Gasteiger partial charge in [0.05, 0.1) is 5.52 Å². The molecule has 1 aromatic carbocycles. The van der Waals surface area contributed by atoms with E-state index in [1.165, 1.54) is 10.9 Å². The quantitative estimate of drug-likeness (QED) is 0.720. The molecule has 16 heavy (non-hydrogen) atoms. The van der Waals surface area contributed by atoms with E-state index in [0.717, 1.165) is 11.9 Å². The van der Waals surface area contributed by atoms with Crippen molar-refractivity contribution in [1.29, 1.82) is 0 Å². The Bertz CT molecular complexity index is 432. The van der Waals surface area contributed by atoms with Gasteiger partial charge in [-0.05, 0) is 30.0 Å². The first-order valence-electron chi connectivity index (χ1n) is 6.09. The molecule has 0 bridgehead atoms. The first kappa shape index (κ1) is 12.7. The van der Waals surface area contributed by atoms with Gasteiger partial charge in [0.1, 0.15) is 0 Å². The fourth-order valence-corrected chi connectivity index (χ4v) is 1.71. The fraction of sp³-hybridized carbons (Fsp3) is 0.400. The maximum Gasteiger partial charge on any atom is 0.0704 e. The van der Waals surface area contributed by atoms with Crippen LogP contribution in [0.3, 0.4) is 0 Å². The van der Waals surface area contributed by atoms with E-state index in [1.54, 1.807) is 0 Å². The van der Waals surface area contributed by atoms with Crippen molar-refractivity contribution in [3.8, 4) is 0 Å². The Morgan fingerprint density at radius 3 is 2.56 bits per heavy atom. The lowest BCUT2D eigenvalue weighted by Gasteiger charge is -2.05. The Balaban J connectivity index is 0.000000606. The molecule has 0 unspecified atom stereocenters. The van der Waals surface area contributed by atoms with Crippen LogP contribution in [0.2, 0.25) is 0 Å². The molecule has 1 heterocycles. The molecular weight excluding hydrogens is 194 g/mol. The van der Waals surface area contributed by atoms with Crippen molar-refractivity contribution in [2.24, 2.45) is 5.92 Å². The maximum atomic E-state index is 4.35. The highest BCUT2D eigenvalue weighted by Gasteiger charge is 1.99. The van der Waals surface area contributed by atoms with Crippen LogP contribution >= 0.6 is 0 Å². The smallest absolute Gasteiger partial charge is 0.0704 e. The van der Waals surface area contributed by atoms with Gasteiger partial charge in [-0.2, -0.15) is 0 Å². The number of aromatic nitrogens is 1. The molecule has 0 spiro atoms. The Morgan fingerprint density at radius 2 is 1.88 bits per heavy atom. The summed E-state index contributed by atoms with van der Waals surface area (Å²) in [6, 6.07) is 10.6. The van der Waals surface area contributed by atoms with E-state index in [-0.39, 0.29) is 0 Å². The summed E-state index contributed by atoms with van der Waals surface area (Å²) in [6.45, 7) is 8.48. The molecule has 2 aromatic rings. The van der Waals surface area contributed by atoms with Crippen LogP contribution in [0, 0.1) is 5.92 Å². The normalized spacial score (nSPS) is 10.1. The molecule has 86 valence electrons. The molecule has 2 rings (SSSR count). The minimum Gasteiger partial charge on any atom is -0.256 e. The van der Waals surface area contributed by atoms with Crippen LogP contribution in [-0.4, -0.2) is 4.98 Å². The third-order valence-electron chi connectivity index (χ3n) is 2.31. The van der Waals surface area contributed by atoms with Crippen LogP contribution in [-0.2, 0) is 6.42 Å². The van der Waals surface area contributed by atoms with Gasteiger partial charge < -0.3 is 0 Å². The number of benzene rings is 1.